The van der Waals surface area contributed by atoms with Crippen LogP contribution in [-0.4, -0.2) is 63.6 Å². The van der Waals surface area contributed by atoms with E-state index in [-0.39, 0.29) is 34.8 Å². The molecule has 6 atom stereocenters. The highest BCUT2D eigenvalue weighted by Gasteiger charge is 2.93. The van der Waals surface area contributed by atoms with E-state index in [0.29, 0.717) is 40.4 Å². The summed E-state index contributed by atoms with van der Waals surface area (Å²) in [5.41, 5.74) is 0.559. The quantitative estimate of drug-likeness (QED) is 0.466. The highest BCUT2D eigenvalue weighted by atomic mass is 16.5. The van der Waals surface area contributed by atoms with Crippen molar-refractivity contribution in [3.63, 3.8) is 0 Å². The summed E-state index contributed by atoms with van der Waals surface area (Å²) in [6.07, 6.45) is 5.28. The average molecular weight is 478 g/mol. The predicted molar refractivity (Wildman–Crippen MR) is 127 cm³/mol. The molecule has 3 N–H and O–H groups in total. The first-order valence-electron chi connectivity index (χ1n) is 12.0. The van der Waals surface area contributed by atoms with Gasteiger partial charge in [0, 0.05) is 38.3 Å². The summed E-state index contributed by atoms with van der Waals surface area (Å²) >= 11 is 0. The Morgan fingerprint density at radius 3 is 2.89 bits per heavy atom. The number of rotatable bonds is 7. The molecule has 3 aromatic heterocycles. The lowest BCUT2D eigenvalue weighted by Gasteiger charge is -2.45. The molecule has 3 aliphatic carbocycles. The fraction of sp³-hybridized carbons (Fsp3) is 0.500. The van der Waals surface area contributed by atoms with E-state index in [1.54, 1.807) is 30.8 Å². The molecular weight excluding hydrogens is 450 g/mol. The molecule has 1 unspecified atom stereocenters. The maximum atomic E-state index is 13.3. The molecule has 0 radical (unpaired) electrons. The van der Waals surface area contributed by atoms with Crippen LogP contribution in [0.2, 0.25) is 0 Å². The van der Waals surface area contributed by atoms with Crippen LogP contribution < -0.4 is 21.5 Å². The van der Waals surface area contributed by atoms with Crippen LogP contribution >= 0.6 is 0 Å². The van der Waals surface area contributed by atoms with Crippen molar-refractivity contribution in [2.75, 3.05) is 31.4 Å². The molecule has 2 aliphatic heterocycles. The van der Waals surface area contributed by atoms with Crippen LogP contribution in [0.25, 0.3) is 5.65 Å². The van der Waals surface area contributed by atoms with Crippen molar-refractivity contribution in [1.82, 2.24) is 24.5 Å². The lowest BCUT2D eigenvalue weighted by Crippen LogP contribution is -2.59. The van der Waals surface area contributed by atoms with Crippen molar-refractivity contribution in [3.05, 3.63) is 46.5 Å². The molecule has 1 amide bonds. The van der Waals surface area contributed by atoms with E-state index in [0.717, 1.165) is 19.4 Å². The second-order valence-electron chi connectivity index (χ2n) is 10.1. The van der Waals surface area contributed by atoms with Crippen molar-refractivity contribution in [2.45, 2.75) is 43.1 Å². The number of hydrogen-bond acceptors (Lipinski definition) is 8. The van der Waals surface area contributed by atoms with Crippen molar-refractivity contribution < 1.29 is 14.3 Å². The fourth-order valence-electron chi connectivity index (χ4n) is 6.14. The lowest BCUT2D eigenvalue weighted by atomic mass is 9.76. The molecule has 8 rings (SSSR count). The molecule has 182 valence electrons. The number of aromatic nitrogens is 4. The number of anilines is 3. The van der Waals surface area contributed by atoms with Crippen LogP contribution in [-0.2, 0) is 15.0 Å². The van der Waals surface area contributed by atoms with Gasteiger partial charge in [0.25, 0.3) is 11.5 Å². The Morgan fingerprint density at radius 1 is 1.37 bits per heavy atom. The normalized spacial score (nSPS) is 33.7. The standard InChI is InChI=1S/C24H27N7O4/c1-23(34-3)7-6-15(23)28-21(32)12-10-26-31-17(25-2)9-16(29-20(12)31)27-14-5-4-8-30(22(14)33)24-13-11-35-19(24)18(13)24/h4-5,8-10,13,15,18-19,25H,6-7,11H2,1-3H3,(H,27,29)(H,28,32)/t13-,15-,18-,19?,23-,24-/m1/s1. The van der Waals surface area contributed by atoms with Gasteiger partial charge < -0.3 is 30.0 Å². The van der Waals surface area contributed by atoms with E-state index in [1.165, 1.54) is 6.20 Å². The summed E-state index contributed by atoms with van der Waals surface area (Å²) < 4.78 is 14.7. The molecule has 5 heterocycles. The molecule has 3 aromatic rings. The zero-order chi connectivity index (χ0) is 24.1. The Kier molecular flexibility index (Phi) is 4.07. The van der Waals surface area contributed by atoms with Crippen LogP contribution in [0.5, 0.6) is 0 Å². The van der Waals surface area contributed by atoms with Gasteiger partial charge in [-0.2, -0.15) is 9.61 Å². The topological polar surface area (TPSA) is 124 Å². The summed E-state index contributed by atoms with van der Waals surface area (Å²) in [6, 6.07) is 5.30. The fourth-order valence-corrected chi connectivity index (χ4v) is 6.14. The van der Waals surface area contributed by atoms with Crippen LogP contribution in [0.4, 0.5) is 17.3 Å². The second kappa shape index (κ2) is 6.82. The molecular formula is C24H27N7O4. The molecule has 2 saturated heterocycles. The Hall–Kier alpha value is -3.44. The lowest BCUT2D eigenvalue weighted by molar-refractivity contribution is -0.0828. The first-order chi connectivity index (χ1) is 16.9. The van der Waals surface area contributed by atoms with Gasteiger partial charge >= 0.3 is 0 Å². The highest BCUT2D eigenvalue weighted by molar-refractivity contribution is 6.00. The van der Waals surface area contributed by atoms with Gasteiger partial charge in [0.05, 0.1) is 36.1 Å². The molecule has 5 fully saturated rings. The SMILES string of the molecule is CNc1cc(Nc2cccn([C@]34C5OC[C@@H]3[C@H]54)c2=O)nc2c(C(=O)N[C@@H]3CC[C@@]3(C)OC)cnn12. The van der Waals surface area contributed by atoms with Gasteiger partial charge in [0.1, 0.15) is 22.9 Å². The van der Waals surface area contributed by atoms with E-state index in [4.69, 9.17) is 9.47 Å². The van der Waals surface area contributed by atoms with E-state index in [9.17, 15) is 9.59 Å². The minimum Gasteiger partial charge on any atom is -0.376 e. The van der Waals surface area contributed by atoms with Gasteiger partial charge in [-0.1, -0.05) is 0 Å². The Labute approximate surface area is 200 Å². The number of ether oxygens (including phenoxy) is 2. The summed E-state index contributed by atoms with van der Waals surface area (Å²) in [5, 5.41) is 13.7. The zero-order valence-electron chi connectivity index (χ0n) is 19.7. The largest absolute Gasteiger partial charge is 0.376 e. The number of fused-ring (bicyclic) bond motifs is 2. The van der Waals surface area contributed by atoms with Gasteiger partial charge in [-0.25, -0.2) is 4.98 Å². The monoisotopic (exact) mass is 477 g/mol. The van der Waals surface area contributed by atoms with Gasteiger partial charge in [0.15, 0.2) is 5.65 Å². The number of carbonyl (C=O) groups is 1. The van der Waals surface area contributed by atoms with Gasteiger partial charge in [0.2, 0.25) is 0 Å². The Morgan fingerprint density at radius 2 is 2.23 bits per heavy atom. The highest BCUT2D eigenvalue weighted by Crippen LogP contribution is 2.82. The van der Waals surface area contributed by atoms with Crippen LogP contribution in [0, 0.1) is 11.8 Å². The molecule has 11 heteroatoms. The summed E-state index contributed by atoms with van der Waals surface area (Å²) in [7, 11) is 3.43. The molecule has 0 spiro atoms. The minimum absolute atomic E-state index is 0.0739. The molecule has 0 aromatic carbocycles. The molecule has 2 bridgehead atoms. The van der Waals surface area contributed by atoms with Crippen molar-refractivity contribution in [2.24, 2.45) is 11.8 Å². The third-order valence-electron chi connectivity index (χ3n) is 8.62. The van der Waals surface area contributed by atoms with Crippen molar-refractivity contribution in [3.8, 4) is 0 Å². The number of pyridine rings is 1. The van der Waals surface area contributed by atoms with Crippen LogP contribution in [0.15, 0.2) is 35.4 Å². The molecule has 3 saturated carbocycles. The molecule has 35 heavy (non-hydrogen) atoms. The molecule has 11 nitrogen and oxygen atoms in total. The van der Waals surface area contributed by atoms with E-state index in [1.807, 2.05) is 23.8 Å². The summed E-state index contributed by atoms with van der Waals surface area (Å²) in [6.45, 7) is 2.73. The minimum atomic E-state index is -0.367. The summed E-state index contributed by atoms with van der Waals surface area (Å²) in [4.78, 5) is 31.1. The zero-order valence-corrected chi connectivity index (χ0v) is 19.7. The second-order valence-corrected chi connectivity index (χ2v) is 10.1. The van der Waals surface area contributed by atoms with Crippen molar-refractivity contribution in [1.29, 1.82) is 0 Å². The van der Waals surface area contributed by atoms with Crippen LogP contribution in [0.3, 0.4) is 0 Å². The maximum absolute atomic E-state index is 13.3. The van der Waals surface area contributed by atoms with E-state index in [2.05, 4.69) is 26.0 Å². The molecule has 5 aliphatic rings. The van der Waals surface area contributed by atoms with E-state index >= 15 is 0 Å². The van der Waals surface area contributed by atoms with E-state index < -0.39 is 0 Å². The van der Waals surface area contributed by atoms with Gasteiger partial charge in [-0.05, 0) is 31.9 Å². The first-order valence-corrected chi connectivity index (χ1v) is 12.0. The van der Waals surface area contributed by atoms with Crippen LogP contribution in [0.1, 0.15) is 30.1 Å². The smallest absolute Gasteiger partial charge is 0.274 e. The number of methoxy groups -OCH3 is 1. The number of nitrogens with zero attached hydrogens (tertiary/aromatic N) is 4. The summed E-state index contributed by atoms with van der Waals surface area (Å²) in [5.74, 6) is 1.74. The maximum Gasteiger partial charge on any atom is 0.274 e. The Bertz CT molecular complexity index is 1420. The number of nitrogens with one attached hydrogen (secondary N) is 3. The van der Waals surface area contributed by atoms with Gasteiger partial charge in [-0.15, -0.1) is 0 Å². The van der Waals surface area contributed by atoms with Crippen molar-refractivity contribution >= 4 is 28.9 Å². The van der Waals surface area contributed by atoms with Gasteiger partial charge in [-0.3, -0.25) is 9.59 Å². The Balaban J connectivity index is 1.21. The average Bonchev–Trinajstić information content (AvgIpc) is 3.37. The predicted octanol–water partition coefficient (Wildman–Crippen LogP) is 1.33. The first kappa shape index (κ1) is 20.9. The number of hydrogen-bond donors (Lipinski definition) is 3. The third-order valence-corrected chi connectivity index (χ3v) is 8.62. The number of carbonyl (C=O) groups excluding carboxylic acids is 1. The third kappa shape index (κ3) is 2.62. The number of amides is 1.